The first-order valence-electron chi connectivity index (χ1n) is 9.10. The number of nitrogens with zero attached hydrogens (tertiary/aromatic N) is 3. The van der Waals surface area contributed by atoms with Crippen LogP contribution < -0.4 is 4.74 Å². The number of carbonyl (C=O) groups excluding carboxylic acids is 1. The molecular formula is C19H24N4O3. The quantitative estimate of drug-likeness (QED) is 0.861. The minimum atomic E-state index is -0.552. The number of aryl methyl sites for hydroxylation is 3. The zero-order valence-corrected chi connectivity index (χ0v) is 15.2. The van der Waals surface area contributed by atoms with Crippen molar-refractivity contribution < 1.29 is 14.6 Å². The van der Waals surface area contributed by atoms with E-state index in [4.69, 9.17) is 4.74 Å². The third kappa shape index (κ3) is 3.07. The van der Waals surface area contributed by atoms with Gasteiger partial charge in [-0.1, -0.05) is 0 Å². The molecule has 1 aliphatic heterocycles. The van der Waals surface area contributed by atoms with Crippen LogP contribution in [0.5, 0.6) is 5.88 Å². The molecule has 0 unspecified atom stereocenters. The van der Waals surface area contributed by atoms with Crippen LogP contribution in [0.4, 0.5) is 0 Å². The number of nitrogens with one attached hydrogen (secondary N) is 1. The van der Waals surface area contributed by atoms with Crippen molar-refractivity contribution in [2.75, 3.05) is 20.2 Å². The number of hydrogen-bond donors (Lipinski definition) is 2. The first-order chi connectivity index (χ1) is 12.5. The molecule has 1 saturated heterocycles. The highest BCUT2D eigenvalue weighted by Gasteiger charge is 2.36. The van der Waals surface area contributed by atoms with Crippen LogP contribution in [0.2, 0.25) is 0 Å². The summed E-state index contributed by atoms with van der Waals surface area (Å²) in [7, 11) is 1.54. The van der Waals surface area contributed by atoms with E-state index in [1.807, 2.05) is 19.1 Å². The summed E-state index contributed by atoms with van der Waals surface area (Å²) in [6, 6.07) is 3.90. The van der Waals surface area contributed by atoms with Gasteiger partial charge in [0.1, 0.15) is 5.56 Å². The number of amides is 1. The number of carbonyl (C=O) groups is 1. The highest BCUT2D eigenvalue weighted by Crippen LogP contribution is 2.29. The smallest absolute Gasteiger partial charge is 0.259 e. The van der Waals surface area contributed by atoms with E-state index in [1.54, 1.807) is 12.0 Å². The van der Waals surface area contributed by atoms with Gasteiger partial charge < -0.3 is 14.7 Å². The molecule has 0 saturated carbocycles. The van der Waals surface area contributed by atoms with E-state index in [1.165, 1.54) is 0 Å². The molecule has 1 amide bonds. The lowest BCUT2D eigenvalue weighted by Gasteiger charge is -2.18. The van der Waals surface area contributed by atoms with Crippen molar-refractivity contribution in [1.82, 2.24) is 20.1 Å². The maximum Gasteiger partial charge on any atom is 0.259 e. The molecular weight excluding hydrogens is 332 g/mol. The fraction of sp³-hybridized carbons (Fsp3) is 0.526. The Morgan fingerprint density at radius 3 is 2.96 bits per heavy atom. The van der Waals surface area contributed by atoms with Crippen molar-refractivity contribution in [1.29, 1.82) is 0 Å². The van der Waals surface area contributed by atoms with Gasteiger partial charge in [0.2, 0.25) is 5.88 Å². The predicted octanol–water partition coefficient (Wildman–Crippen LogP) is 1.29. The summed E-state index contributed by atoms with van der Waals surface area (Å²) in [4.78, 5) is 19.3. The molecule has 7 heteroatoms. The predicted molar refractivity (Wildman–Crippen MR) is 95.2 cm³/mol. The average Bonchev–Trinajstić information content (AvgIpc) is 3.34. The first-order valence-corrected chi connectivity index (χ1v) is 9.10. The molecule has 4 rings (SSSR count). The number of pyridine rings is 1. The number of aromatic nitrogens is 3. The summed E-state index contributed by atoms with van der Waals surface area (Å²) in [5.74, 6) is 0.246. The zero-order valence-electron chi connectivity index (χ0n) is 15.2. The maximum atomic E-state index is 13.0. The molecule has 2 aromatic heterocycles. The number of H-pyrrole nitrogens is 1. The van der Waals surface area contributed by atoms with Crippen molar-refractivity contribution in [3.05, 3.63) is 40.3 Å². The molecule has 2 aliphatic rings. The monoisotopic (exact) mass is 356 g/mol. The molecule has 1 aliphatic carbocycles. The average molecular weight is 356 g/mol. The largest absolute Gasteiger partial charge is 0.480 e. The van der Waals surface area contributed by atoms with E-state index in [0.29, 0.717) is 31.0 Å². The van der Waals surface area contributed by atoms with E-state index in [0.717, 1.165) is 41.9 Å². The third-order valence-corrected chi connectivity index (χ3v) is 5.36. The van der Waals surface area contributed by atoms with Crippen molar-refractivity contribution in [2.24, 2.45) is 5.92 Å². The number of hydrogen-bond acceptors (Lipinski definition) is 5. The molecule has 0 spiro atoms. The molecule has 26 heavy (non-hydrogen) atoms. The van der Waals surface area contributed by atoms with Crippen LogP contribution in [-0.2, 0) is 19.3 Å². The number of methoxy groups -OCH3 is 1. The standard InChI is InChI=1S/C19H24N4O3/c1-11-6-14(22-21-11)7-13-9-23(10-17(13)24)19(25)15-8-12-4-3-5-16(12)20-18(15)26-2/h6,8,13,17,24H,3-5,7,9-10H2,1-2H3,(H,21,22)/t13-,17-/m1/s1. The van der Waals surface area contributed by atoms with Gasteiger partial charge in [-0.05, 0) is 50.3 Å². The van der Waals surface area contributed by atoms with Gasteiger partial charge in [-0.3, -0.25) is 9.89 Å². The number of β-amino-alcohol motifs (C(OH)–C–C–N with tert-alkyl or cyclic N) is 1. The van der Waals surface area contributed by atoms with Crippen molar-refractivity contribution >= 4 is 5.91 Å². The number of aliphatic hydroxyl groups is 1. The first kappa shape index (κ1) is 17.0. The molecule has 0 aromatic carbocycles. The van der Waals surface area contributed by atoms with Gasteiger partial charge in [-0.2, -0.15) is 5.10 Å². The molecule has 2 atom stereocenters. The highest BCUT2D eigenvalue weighted by molar-refractivity contribution is 5.97. The summed E-state index contributed by atoms with van der Waals surface area (Å²) in [5, 5.41) is 17.6. The van der Waals surface area contributed by atoms with Crippen molar-refractivity contribution in [3.63, 3.8) is 0 Å². The van der Waals surface area contributed by atoms with Gasteiger partial charge in [-0.15, -0.1) is 0 Å². The minimum absolute atomic E-state index is 0.0185. The van der Waals surface area contributed by atoms with Crippen LogP contribution in [0.1, 0.15) is 39.4 Å². The normalized spacial score (nSPS) is 21.9. The van der Waals surface area contributed by atoms with Gasteiger partial charge in [0.25, 0.3) is 5.91 Å². The third-order valence-electron chi connectivity index (χ3n) is 5.36. The fourth-order valence-electron chi connectivity index (χ4n) is 4.00. The number of ether oxygens (including phenoxy) is 1. The number of aliphatic hydroxyl groups excluding tert-OH is 1. The Balaban J connectivity index is 1.52. The van der Waals surface area contributed by atoms with Gasteiger partial charge in [-0.25, -0.2) is 4.98 Å². The SMILES string of the molecule is COc1nc2c(cc1C(=O)N1C[C@@H](Cc3cc(C)[nH]n3)[C@H](O)C1)CCC2. The van der Waals surface area contributed by atoms with Crippen LogP contribution in [0, 0.1) is 12.8 Å². The van der Waals surface area contributed by atoms with E-state index >= 15 is 0 Å². The number of fused-ring (bicyclic) bond motifs is 1. The second-order valence-corrected chi connectivity index (χ2v) is 7.29. The fourth-order valence-corrected chi connectivity index (χ4v) is 4.00. The van der Waals surface area contributed by atoms with Crippen molar-refractivity contribution in [3.8, 4) is 5.88 Å². The molecule has 0 bridgehead atoms. The van der Waals surface area contributed by atoms with Crippen LogP contribution in [0.25, 0.3) is 0 Å². The Bertz CT molecular complexity index is 832. The summed E-state index contributed by atoms with van der Waals surface area (Å²) >= 11 is 0. The van der Waals surface area contributed by atoms with E-state index in [2.05, 4.69) is 15.2 Å². The van der Waals surface area contributed by atoms with Crippen LogP contribution in [0.3, 0.4) is 0 Å². The van der Waals surface area contributed by atoms with Gasteiger partial charge >= 0.3 is 0 Å². The van der Waals surface area contributed by atoms with Crippen LogP contribution in [-0.4, -0.2) is 57.4 Å². The van der Waals surface area contributed by atoms with Crippen LogP contribution in [0.15, 0.2) is 12.1 Å². The summed E-state index contributed by atoms with van der Waals surface area (Å²) in [5.41, 5.74) is 4.58. The molecule has 138 valence electrons. The van der Waals surface area contributed by atoms with E-state index < -0.39 is 6.10 Å². The number of likely N-dealkylation sites (tertiary alicyclic amines) is 1. The topological polar surface area (TPSA) is 91.3 Å². The zero-order chi connectivity index (χ0) is 18.3. The van der Waals surface area contributed by atoms with Gasteiger partial charge in [0, 0.05) is 30.4 Å². The second-order valence-electron chi connectivity index (χ2n) is 7.29. The lowest BCUT2D eigenvalue weighted by atomic mass is 10.0. The molecule has 7 nitrogen and oxygen atoms in total. The second kappa shape index (κ2) is 6.72. The Kier molecular flexibility index (Phi) is 4.40. The number of rotatable bonds is 4. The Hall–Kier alpha value is -2.41. The summed E-state index contributed by atoms with van der Waals surface area (Å²) in [6.07, 6.45) is 3.06. The maximum absolute atomic E-state index is 13.0. The highest BCUT2D eigenvalue weighted by atomic mass is 16.5. The molecule has 0 radical (unpaired) electrons. The number of aromatic amines is 1. The minimum Gasteiger partial charge on any atom is -0.480 e. The van der Waals surface area contributed by atoms with Crippen LogP contribution >= 0.6 is 0 Å². The Labute approximate surface area is 152 Å². The van der Waals surface area contributed by atoms with Gasteiger partial charge in [0.05, 0.1) is 18.9 Å². The lowest BCUT2D eigenvalue weighted by molar-refractivity contribution is 0.0760. The summed E-state index contributed by atoms with van der Waals surface area (Å²) < 4.78 is 5.37. The van der Waals surface area contributed by atoms with Crippen molar-refractivity contribution in [2.45, 2.75) is 38.7 Å². The molecule has 1 fully saturated rings. The molecule has 3 heterocycles. The van der Waals surface area contributed by atoms with E-state index in [9.17, 15) is 9.90 Å². The summed E-state index contributed by atoms with van der Waals surface area (Å²) in [6.45, 7) is 2.78. The molecule has 2 N–H and O–H groups in total. The van der Waals surface area contributed by atoms with E-state index in [-0.39, 0.29) is 11.8 Å². The van der Waals surface area contributed by atoms with Gasteiger partial charge in [0.15, 0.2) is 0 Å². The Morgan fingerprint density at radius 2 is 2.23 bits per heavy atom. The lowest BCUT2D eigenvalue weighted by Crippen LogP contribution is -2.30. The Morgan fingerprint density at radius 1 is 1.38 bits per heavy atom. The molecule has 2 aromatic rings.